The molecule has 1 aliphatic rings. The number of aromatic nitrogens is 1. The molecule has 0 bridgehead atoms. The van der Waals surface area contributed by atoms with E-state index in [-0.39, 0.29) is 0 Å². The Bertz CT molecular complexity index is 1100. The van der Waals surface area contributed by atoms with E-state index < -0.39 is 24.1 Å². The van der Waals surface area contributed by atoms with Crippen molar-refractivity contribution in [2.24, 2.45) is 0 Å². The fraction of sp³-hybridized carbons (Fsp3) is 0.125. The average molecular weight is 401 g/mol. The maximum Gasteiger partial charge on any atom is 0.331 e. The molecule has 0 radical (unpaired) electrons. The maximum absolute atomic E-state index is 11.9. The summed E-state index contributed by atoms with van der Waals surface area (Å²) in [6, 6.07) is 19.1. The molecular formula is C24H19NO5. The number of nitrogens with zero attached hydrogens (tertiary/aromatic N) is 1. The molecule has 2 atom stereocenters. The summed E-state index contributed by atoms with van der Waals surface area (Å²) in [5, 5.41) is 0. The molecule has 3 aromatic rings. The second-order valence-electron chi connectivity index (χ2n) is 6.67. The van der Waals surface area contributed by atoms with Gasteiger partial charge in [-0.1, -0.05) is 60.7 Å². The predicted molar refractivity (Wildman–Crippen MR) is 111 cm³/mol. The number of cyclic esters (lactones) is 1. The standard InChI is InChI=1S/C24H19NO5/c1-16(26)28-19-13-15-21(27)30-24(19)22-23(18-10-6-3-7-11-18)29-20(25-22)14-12-17-8-4-2-5-9-17/h2-15,19,24H,1H3/b14-12+/t19-,24+/m0/s1. The van der Waals surface area contributed by atoms with Crippen LogP contribution in [0.1, 0.15) is 30.2 Å². The van der Waals surface area contributed by atoms with E-state index in [1.165, 1.54) is 19.1 Å². The molecule has 0 saturated heterocycles. The van der Waals surface area contributed by atoms with E-state index in [9.17, 15) is 9.59 Å². The van der Waals surface area contributed by atoms with Crippen LogP contribution in [0.4, 0.5) is 0 Å². The van der Waals surface area contributed by atoms with Crippen molar-refractivity contribution in [3.05, 3.63) is 90.0 Å². The SMILES string of the molecule is CC(=O)O[C@H]1C=CC(=O)O[C@H]1c1nc(/C=C/c2ccccc2)oc1-c1ccccc1. The first-order chi connectivity index (χ1) is 14.6. The van der Waals surface area contributed by atoms with Gasteiger partial charge in [0, 0.05) is 24.6 Å². The molecule has 1 aromatic heterocycles. The summed E-state index contributed by atoms with van der Waals surface area (Å²) in [6.07, 6.45) is 4.65. The number of carbonyl (C=O) groups is 2. The highest BCUT2D eigenvalue weighted by molar-refractivity contribution is 5.83. The molecule has 0 spiro atoms. The highest BCUT2D eigenvalue weighted by Crippen LogP contribution is 2.36. The van der Waals surface area contributed by atoms with Gasteiger partial charge in [-0.3, -0.25) is 4.79 Å². The molecule has 0 fully saturated rings. The molecule has 2 aromatic carbocycles. The third kappa shape index (κ3) is 4.38. The van der Waals surface area contributed by atoms with Crippen LogP contribution in [0.5, 0.6) is 0 Å². The van der Waals surface area contributed by atoms with E-state index in [0.29, 0.717) is 17.3 Å². The van der Waals surface area contributed by atoms with Crippen molar-refractivity contribution < 1.29 is 23.5 Å². The summed E-state index contributed by atoms with van der Waals surface area (Å²) in [7, 11) is 0. The molecule has 30 heavy (non-hydrogen) atoms. The van der Waals surface area contributed by atoms with Crippen molar-refractivity contribution in [1.29, 1.82) is 0 Å². The van der Waals surface area contributed by atoms with Crippen LogP contribution in [-0.2, 0) is 19.1 Å². The molecule has 150 valence electrons. The van der Waals surface area contributed by atoms with Crippen LogP contribution >= 0.6 is 0 Å². The van der Waals surface area contributed by atoms with E-state index in [4.69, 9.17) is 13.9 Å². The van der Waals surface area contributed by atoms with Crippen molar-refractivity contribution in [2.75, 3.05) is 0 Å². The number of benzene rings is 2. The Balaban J connectivity index is 1.76. The summed E-state index contributed by atoms with van der Waals surface area (Å²) in [5.41, 5.74) is 2.15. The van der Waals surface area contributed by atoms with Gasteiger partial charge in [0.2, 0.25) is 5.89 Å². The number of hydrogen-bond donors (Lipinski definition) is 0. The van der Waals surface area contributed by atoms with Crippen molar-refractivity contribution >= 4 is 24.1 Å². The highest BCUT2D eigenvalue weighted by atomic mass is 16.6. The normalized spacial score (nSPS) is 18.4. The van der Waals surface area contributed by atoms with Crippen molar-refractivity contribution in [2.45, 2.75) is 19.1 Å². The van der Waals surface area contributed by atoms with E-state index in [1.807, 2.05) is 66.7 Å². The van der Waals surface area contributed by atoms with Crippen LogP contribution in [0.2, 0.25) is 0 Å². The van der Waals surface area contributed by atoms with Crippen LogP contribution in [0.3, 0.4) is 0 Å². The van der Waals surface area contributed by atoms with Gasteiger partial charge in [-0.15, -0.1) is 0 Å². The molecule has 0 saturated carbocycles. The number of ether oxygens (including phenoxy) is 2. The van der Waals surface area contributed by atoms with Gasteiger partial charge in [0.25, 0.3) is 0 Å². The van der Waals surface area contributed by atoms with Gasteiger partial charge in [-0.2, -0.15) is 0 Å². The molecule has 1 aliphatic heterocycles. The Labute approximate surface area is 173 Å². The molecule has 0 unspecified atom stereocenters. The molecular weight excluding hydrogens is 382 g/mol. The Kier molecular flexibility index (Phi) is 5.57. The number of esters is 2. The zero-order valence-electron chi connectivity index (χ0n) is 16.2. The first-order valence-corrected chi connectivity index (χ1v) is 9.45. The molecule has 4 rings (SSSR count). The maximum atomic E-state index is 11.9. The van der Waals surface area contributed by atoms with Crippen LogP contribution in [0.25, 0.3) is 23.5 Å². The molecule has 0 aliphatic carbocycles. The van der Waals surface area contributed by atoms with Gasteiger partial charge < -0.3 is 13.9 Å². The second kappa shape index (κ2) is 8.61. The predicted octanol–water partition coefficient (Wildman–Crippen LogP) is 4.60. The van der Waals surface area contributed by atoms with Crippen LogP contribution < -0.4 is 0 Å². The first-order valence-electron chi connectivity index (χ1n) is 9.45. The van der Waals surface area contributed by atoms with Gasteiger partial charge in [0.15, 0.2) is 18.0 Å². The first kappa shape index (κ1) is 19.4. The quantitative estimate of drug-likeness (QED) is 0.582. The average Bonchev–Trinajstić information content (AvgIpc) is 3.19. The second-order valence-corrected chi connectivity index (χ2v) is 6.67. The van der Waals surface area contributed by atoms with Crippen LogP contribution in [-0.4, -0.2) is 23.0 Å². The summed E-state index contributed by atoms with van der Waals surface area (Å²) < 4.78 is 16.8. The lowest BCUT2D eigenvalue weighted by atomic mass is 10.0. The third-order valence-electron chi connectivity index (χ3n) is 4.46. The Hall–Kier alpha value is -3.93. The zero-order valence-corrected chi connectivity index (χ0v) is 16.2. The van der Waals surface area contributed by atoms with Gasteiger partial charge in [-0.25, -0.2) is 9.78 Å². The molecule has 2 heterocycles. The summed E-state index contributed by atoms with van der Waals surface area (Å²) >= 11 is 0. The lowest BCUT2D eigenvalue weighted by Gasteiger charge is -2.25. The van der Waals surface area contributed by atoms with Crippen molar-refractivity contribution in [3.63, 3.8) is 0 Å². The molecule has 6 heteroatoms. The van der Waals surface area contributed by atoms with E-state index in [0.717, 1.165) is 11.1 Å². The lowest BCUT2D eigenvalue weighted by molar-refractivity contribution is -0.163. The monoisotopic (exact) mass is 401 g/mol. The topological polar surface area (TPSA) is 78.6 Å². The molecule has 0 N–H and O–H groups in total. The van der Waals surface area contributed by atoms with Crippen molar-refractivity contribution in [1.82, 2.24) is 4.98 Å². The van der Waals surface area contributed by atoms with Gasteiger partial charge in [0.1, 0.15) is 5.69 Å². The van der Waals surface area contributed by atoms with Crippen molar-refractivity contribution in [3.8, 4) is 11.3 Å². The Morgan fingerprint density at radius 1 is 1.03 bits per heavy atom. The summed E-state index contributed by atoms with van der Waals surface area (Å²) in [5.74, 6) is -0.221. The van der Waals surface area contributed by atoms with E-state index >= 15 is 0 Å². The minimum Gasteiger partial charge on any atom is -0.454 e. The Morgan fingerprint density at radius 2 is 1.73 bits per heavy atom. The van der Waals surface area contributed by atoms with Gasteiger partial charge in [-0.05, 0) is 17.7 Å². The van der Waals surface area contributed by atoms with Crippen LogP contribution in [0.15, 0.2) is 77.2 Å². The molecule has 6 nitrogen and oxygen atoms in total. The minimum atomic E-state index is -0.913. The largest absolute Gasteiger partial charge is 0.454 e. The Morgan fingerprint density at radius 3 is 2.43 bits per heavy atom. The number of carbonyl (C=O) groups excluding carboxylic acids is 2. The lowest BCUT2D eigenvalue weighted by Crippen LogP contribution is -2.30. The van der Waals surface area contributed by atoms with E-state index in [1.54, 1.807) is 6.08 Å². The molecule has 0 amide bonds. The fourth-order valence-corrected chi connectivity index (χ4v) is 3.15. The number of rotatable bonds is 5. The van der Waals surface area contributed by atoms with Crippen LogP contribution in [0, 0.1) is 0 Å². The number of hydrogen-bond acceptors (Lipinski definition) is 6. The minimum absolute atomic E-state index is 0.347. The third-order valence-corrected chi connectivity index (χ3v) is 4.46. The fourth-order valence-electron chi connectivity index (χ4n) is 3.15. The smallest absolute Gasteiger partial charge is 0.331 e. The van der Waals surface area contributed by atoms with Gasteiger partial charge >= 0.3 is 11.9 Å². The summed E-state index contributed by atoms with van der Waals surface area (Å²) in [4.78, 5) is 28.0. The number of oxazole rings is 1. The highest BCUT2D eigenvalue weighted by Gasteiger charge is 2.36. The van der Waals surface area contributed by atoms with E-state index in [2.05, 4.69) is 4.98 Å². The van der Waals surface area contributed by atoms with Gasteiger partial charge in [0.05, 0.1) is 0 Å². The zero-order chi connectivity index (χ0) is 20.9. The summed E-state index contributed by atoms with van der Waals surface area (Å²) in [6.45, 7) is 1.30.